The quantitative estimate of drug-likeness (QED) is 0.921. The van der Waals surface area contributed by atoms with Gasteiger partial charge >= 0.3 is 0 Å². The topological polar surface area (TPSA) is 21.3 Å². The van der Waals surface area contributed by atoms with Gasteiger partial charge in [0.2, 0.25) is 0 Å². The molecule has 0 bridgehead atoms. The van der Waals surface area contributed by atoms with Crippen LogP contribution in [-0.4, -0.2) is 20.3 Å². The number of hydrogen-bond acceptors (Lipinski definition) is 2. The molecule has 1 aromatic rings. The van der Waals surface area contributed by atoms with Gasteiger partial charge in [0.05, 0.1) is 6.61 Å². The van der Waals surface area contributed by atoms with Gasteiger partial charge in [-0.2, -0.15) is 0 Å². The van der Waals surface area contributed by atoms with Crippen LogP contribution in [0.4, 0.5) is 0 Å². The second kappa shape index (κ2) is 5.30. The maximum absolute atomic E-state index is 5.47. The molecule has 0 radical (unpaired) electrons. The Labute approximate surface area is 106 Å². The average Bonchev–Trinajstić information content (AvgIpc) is 2.78. The Morgan fingerprint density at radius 3 is 2.88 bits per heavy atom. The number of nitrogens with one attached hydrogen (secondary N) is 1. The van der Waals surface area contributed by atoms with E-state index in [1.165, 1.54) is 15.6 Å². The van der Waals surface area contributed by atoms with E-state index >= 15 is 0 Å². The molecule has 2 unspecified atom stereocenters. The molecule has 2 nitrogen and oxygen atoms in total. The highest BCUT2D eigenvalue weighted by atomic mass is 79.9. The van der Waals surface area contributed by atoms with Crippen LogP contribution in [0.2, 0.25) is 0 Å². The molecule has 2 rings (SSSR count). The Bertz CT molecular complexity index is 361. The summed E-state index contributed by atoms with van der Waals surface area (Å²) in [7, 11) is 2.03. The molecule has 1 heterocycles. The van der Waals surface area contributed by atoms with Gasteiger partial charge in [0.1, 0.15) is 0 Å². The van der Waals surface area contributed by atoms with Gasteiger partial charge in [-0.25, -0.2) is 0 Å². The normalized spacial score (nSPS) is 22.3. The number of benzene rings is 1. The first-order valence-corrected chi connectivity index (χ1v) is 6.52. The number of ether oxygens (including phenoxy) is 1. The Balaban J connectivity index is 2.22. The molecule has 3 heteroatoms. The second-order valence-corrected chi connectivity index (χ2v) is 5.25. The van der Waals surface area contributed by atoms with E-state index in [9.17, 15) is 0 Å². The van der Waals surface area contributed by atoms with Crippen molar-refractivity contribution < 1.29 is 4.74 Å². The summed E-state index contributed by atoms with van der Waals surface area (Å²) in [5.74, 6) is 0.602. The fraction of sp³-hybridized carbons (Fsp3) is 0.538. The zero-order valence-corrected chi connectivity index (χ0v) is 11.4. The van der Waals surface area contributed by atoms with Crippen molar-refractivity contribution in [2.24, 2.45) is 5.92 Å². The third-order valence-electron chi connectivity index (χ3n) is 3.29. The van der Waals surface area contributed by atoms with Crippen LogP contribution in [0.25, 0.3) is 0 Å². The molecule has 1 fully saturated rings. The maximum Gasteiger partial charge on any atom is 0.0513 e. The van der Waals surface area contributed by atoms with Crippen LogP contribution in [-0.2, 0) is 4.74 Å². The first-order chi connectivity index (χ1) is 7.72. The van der Waals surface area contributed by atoms with Crippen LogP contribution in [0.15, 0.2) is 22.7 Å². The first-order valence-electron chi connectivity index (χ1n) is 5.73. The van der Waals surface area contributed by atoms with Crippen LogP contribution in [0, 0.1) is 12.8 Å². The van der Waals surface area contributed by atoms with Crippen molar-refractivity contribution in [3.05, 3.63) is 33.8 Å². The van der Waals surface area contributed by atoms with Gasteiger partial charge < -0.3 is 10.1 Å². The number of halogens is 1. The largest absolute Gasteiger partial charge is 0.381 e. The van der Waals surface area contributed by atoms with E-state index < -0.39 is 0 Å². The van der Waals surface area contributed by atoms with Gasteiger partial charge in [0.15, 0.2) is 0 Å². The lowest BCUT2D eigenvalue weighted by Gasteiger charge is -2.22. The van der Waals surface area contributed by atoms with E-state index in [2.05, 4.69) is 46.4 Å². The van der Waals surface area contributed by atoms with Gasteiger partial charge in [0.25, 0.3) is 0 Å². The molecule has 0 amide bonds. The molecule has 88 valence electrons. The predicted octanol–water partition coefficient (Wildman–Crippen LogP) is 3.05. The van der Waals surface area contributed by atoms with Crippen molar-refractivity contribution >= 4 is 15.9 Å². The molecule has 0 saturated carbocycles. The van der Waals surface area contributed by atoms with Crippen LogP contribution in [0.1, 0.15) is 23.6 Å². The number of aryl methyl sites for hydroxylation is 1. The monoisotopic (exact) mass is 283 g/mol. The molecule has 1 saturated heterocycles. The Hall–Kier alpha value is -0.380. The summed E-state index contributed by atoms with van der Waals surface area (Å²) in [5.41, 5.74) is 2.65. The highest BCUT2D eigenvalue weighted by Crippen LogP contribution is 2.30. The van der Waals surface area contributed by atoms with Crippen LogP contribution < -0.4 is 5.32 Å². The zero-order chi connectivity index (χ0) is 11.5. The molecule has 1 aromatic carbocycles. The summed E-state index contributed by atoms with van der Waals surface area (Å²) in [6.45, 7) is 3.91. The highest BCUT2D eigenvalue weighted by molar-refractivity contribution is 9.10. The van der Waals surface area contributed by atoms with E-state index in [0.717, 1.165) is 19.6 Å². The first kappa shape index (κ1) is 12.1. The van der Waals surface area contributed by atoms with Crippen molar-refractivity contribution in [2.45, 2.75) is 19.4 Å². The summed E-state index contributed by atoms with van der Waals surface area (Å²) >= 11 is 3.54. The van der Waals surface area contributed by atoms with Gasteiger partial charge in [-0.1, -0.05) is 28.1 Å². The van der Waals surface area contributed by atoms with E-state index in [-0.39, 0.29) is 0 Å². The lowest BCUT2D eigenvalue weighted by Crippen LogP contribution is -2.25. The third kappa shape index (κ3) is 2.47. The molecule has 0 spiro atoms. The smallest absolute Gasteiger partial charge is 0.0513 e. The molecule has 2 atom stereocenters. The molecule has 0 aromatic heterocycles. The molecular formula is C13H18BrNO. The summed E-state index contributed by atoms with van der Waals surface area (Å²) in [5, 5.41) is 3.41. The van der Waals surface area contributed by atoms with Crippen molar-refractivity contribution in [1.82, 2.24) is 5.32 Å². The molecule has 1 aliphatic heterocycles. The van der Waals surface area contributed by atoms with Gasteiger partial charge in [-0.15, -0.1) is 0 Å². The summed E-state index contributed by atoms with van der Waals surface area (Å²) in [6.07, 6.45) is 1.15. The fourth-order valence-electron chi connectivity index (χ4n) is 2.35. The van der Waals surface area contributed by atoms with E-state index in [0.29, 0.717) is 12.0 Å². The van der Waals surface area contributed by atoms with Crippen LogP contribution in [0.5, 0.6) is 0 Å². The van der Waals surface area contributed by atoms with Gasteiger partial charge in [-0.05, 0) is 37.6 Å². The second-order valence-electron chi connectivity index (χ2n) is 4.40. The molecule has 16 heavy (non-hydrogen) atoms. The minimum absolute atomic E-state index is 0.411. The average molecular weight is 284 g/mol. The lowest BCUT2D eigenvalue weighted by molar-refractivity contribution is 0.178. The van der Waals surface area contributed by atoms with Crippen molar-refractivity contribution in [3.63, 3.8) is 0 Å². The molecule has 1 aliphatic rings. The van der Waals surface area contributed by atoms with E-state index in [1.807, 2.05) is 7.05 Å². The fourth-order valence-corrected chi connectivity index (χ4v) is 2.60. The highest BCUT2D eigenvalue weighted by Gasteiger charge is 2.25. The SMILES string of the molecule is CNC(c1ccc(Br)c(C)c1)C1CCOC1. The Morgan fingerprint density at radius 2 is 2.31 bits per heavy atom. The molecular weight excluding hydrogens is 266 g/mol. The van der Waals surface area contributed by atoms with Crippen molar-refractivity contribution in [3.8, 4) is 0 Å². The van der Waals surface area contributed by atoms with E-state index in [1.54, 1.807) is 0 Å². The standard InChI is InChI=1S/C13H18BrNO/c1-9-7-10(3-4-12(9)14)13(15-2)11-5-6-16-8-11/h3-4,7,11,13,15H,5-6,8H2,1-2H3. The predicted molar refractivity (Wildman–Crippen MR) is 69.6 cm³/mol. The van der Waals surface area contributed by atoms with Crippen LogP contribution in [0.3, 0.4) is 0 Å². The summed E-state index contributed by atoms with van der Waals surface area (Å²) in [6, 6.07) is 6.99. The summed E-state index contributed by atoms with van der Waals surface area (Å²) < 4.78 is 6.64. The zero-order valence-electron chi connectivity index (χ0n) is 9.79. The molecule has 0 aliphatic carbocycles. The molecule has 1 N–H and O–H groups in total. The van der Waals surface area contributed by atoms with Crippen molar-refractivity contribution in [1.29, 1.82) is 0 Å². The van der Waals surface area contributed by atoms with Gasteiger partial charge in [0, 0.05) is 23.0 Å². The minimum Gasteiger partial charge on any atom is -0.381 e. The lowest BCUT2D eigenvalue weighted by atomic mass is 9.92. The Kier molecular flexibility index (Phi) is 4.00. The third-order valence-corrected chi connectivity index (χ3v) is 4.18. The van der Waals surface area contributed by atoms with E-state index in [4.69, 9.17) is 4.74 Å². The van der Waals surface area contributed by atoms with Crippen LogP contribution >= 0.6 is 15.9 Å². The van der Waals surface area contributed by atoms with Crippen molar-refractivity contribution in [2.75, 3.05) is 20.3 Å². The summed E-state index contributed by atoms with van der Waals surface area (Å²) in [4.78, 5) is 0. The number of rotatable bonds is 3. The maximum atomic E-state index is 5.47. The van der Waals surface area contributed by atoms with Gasteiger partial charge in [-0.3, -0.25) is 0 Å². The Morgan fingerprint density at radius 1 is 1.50 bits per heavy atom. The number of hydrogen-bond donors (Lipinski definition) is 1. The minimum atomic E-state index is 0.411.